The van der Waals surface area contributed by atoms with E-state index in [0.29, 0.717) is 6.54 Å². The lowest BCUT2D eigenvalue weighted by atomic mass is 10.1. The third kappa shape index (κ3) is 4.13. The predicted molar refractivity (Wildman–Crippen MR) is 61.6 cm³/mol. The summed E-state index contributed by atoms with van der Waals surface area (Å²) in [7, 11) is 3.76. The molecule has 3 heteroatoms. The van der Waals surface area contributed by atoms with Gasteiger partial charge < -0.3 is 10.2 Å². The third-order valence-corrected chi connectivity index (χ3v) is 2.14. The second kappa shape index (κ2) is 5.51. The highest BCUT2D eigenvalue weighted by atomic mass is 16.2. The molecule has 0 aliphatic heterocycles. The van der Waals surface area contributed by atoms with Crippen LogP contribution in [0.3, 0.4) is 0 Å². The number of carbonyl (C=O) groups is 1. The van der Waals surface area contributed by atoms with Gasteiger partial charge in [-0.05, 0) is 26.6 Å². The van der Waals surface area contributed by atoms with Crippen molar-refractivity contribution in [3.05, 3.63) is 35.9 Å². The summed E-state index contributed by atoms with van der Waals surface area (Å²) >= 11 is 0. The minimum Gasteiger partial charge on any atom is -0.348 e. The van der Waals surface area contributed by atoms with Gasteiger partial charge in [0.15, 0.2) is 0 Å². The molecule has 0 saturated heterocycles. The maximum atomic E-state index is 11.5. The number of rotatable bonds is 4. The fraction of sp³-hybridized carbons (Fsp3) is 0.417. The van der Waals surface area contributed by atoms with E-state index < -0.39 is 0 Å². The Morgan fingerprint density at radius 2 is 1.93 bits per heavy atom. The molecule has 1 amide bonds. The van der Waals surface area contributed by atoms with Gasteiger partial charge in [0.05, 0.1) is 12.6 Å². The standard InChI is InChI=1S/C12H18N2O/c1-10(11-7-5-4-6-8-11)13-12(15)9-14(2)3/h4-8,10H,9H2,1-3H3,(H,13,15). The molecule has 0 bridgehead atoms. The molecular formula is C12H18N2O. The Bertz CT molecular complexity index is 309. The summed E-state index contributed by atoms with van der Waals surface area (Å²) in [6, 6.07) is 10.0. The fourth-order valence-electron chi connectivity index (χ4n) is 1.40. The van der Waals surface area contributed by atoms with Gasteiger partial charge in [0.2, 0.25) is 5.91 Å². The van der Waals surface area contributed by atoms with Crippen molar-refractivity contribution in [2.45, 2.75) is 13.0 Å². The van der Waals surface area contributed by atoms with Crippen molar-refractivity contribution in [1.29, 1.82) is 0 Å². The van der Waals surface area contributed by atoms with E-state index >= 15 is 0 Å². The van der Waals surface area contributed by atoms with Crippen LogP contribution in [0.5, 0.6) is 0 Å². The first kappa shape index (κ1) is 11.7. The topological polar surface area (TPSA) is 32.3 Å². The van der Waals surface area contributed by atoms with Crippen LogP contribution in [-0.4, -0.2) is 31.4 Å². The van der Waals surface area contributed by atoms with Gasteiger partial charge in [-0.2, -0.15) is 0 Å². The first-order valence-electron chi connectivity index (χ1n) is 5.08. The second-order valence-corrected chi connectivity index (χ2v) is 3.94. The molecule has 0 fully saturated rings. The molecule has 82 valence electrons. The fourth-order valence-corrected chi connectivity index (χ4v) is 1.40. The van der Waals surface area contributed by atoms with Gasteiger partial charge in [0.1, 0.15) is 0 Å². The van der Waals surface area contributed by atoms with Gasteiger partial charge in [-0.3, -0.25) is 4.79 Å². The molecule has 0 spiro atoms. The smallest absolute Gasteiger partial charge is 0.234 e. The summed E-state index contributed by atoms with van der Waals surface area (Å²) in [6.07, 6.45) is 0. The van der Waals surface area contributed by atoms with Crippen LogP contribution in [-0.2, 0) is 4.79 Å². The van der Waals surface area contributed by atoms with Gasteiger partial charge in [-0.1, -0.05) is 30.3 Å². The zero-order chi connectivity index (χ0) is 11.3. The molecule has 1 atom stereocenters. The molecular weight excluding hydrogens is 188 g/mol. The van der Waals surface area contributed by atoms with Crippen LogP contribution in [0.4, 0.5) is 0 Å². The Balaban J connectivity index is 2.49. The molecule has 1 N–H and O–H groups in total. The van der Waals surface area contributed by atoms with Crippen molar-refractivity contribution in [3.8, 4) is 0 Å². The zero-order valence-electron chi connectivity index (χ0n) is 9.53. The van der Waals surface area contributed by atoms with Gasteiger partial charge >= 0.3 is 0 Å². The first-order valence-corrected chi connectivity index (χ1v) is 5.08. The number of benzene rings is 1. The van der Waals surface area contributed by atoms with Gasteiger partial charge in [-0.15, -0.1) is 0 Å². The SMILES string of the molecule is CC(NC(=O)CN(C)C)c1ccccc1. The highest BCUT2D eigenvalue weighted by molar-refractivity contribution is 5.78. The van der Waals surface area contributed by atoms with Crippen molar-refractivity contribution in [1.82, 2.24) is 10.2 Å². The summed E-state index contributed by atoms with van der Waals surface area (Å²) in [5, 5.41) is 2.95. The average molecular weight is 206 g/mol. The van der Waals surface area contributed by atoms with E-state index in [1.165, 1.54) is 0 Å². The summed E-state index contributed by atoms with van der Waals surface area (Å²) in [5.74, 6) is 0.0522. The Kier molecular flexibility index (Phi) is 4.31. The molecule has 1 aromatic rings. The number of nitrogens with one attached hydrogen (secondary N) is 1. The lowest BCUT2D eigenvalue weighted by Crippen LogP contribution is -2.34. The van der Waals surface area contributed by atoms with Gasteiger partial charge in [0.25, 0.3) is 0 Å². The first-order chi connectivity index (χ1) is 7.09. The third-order valence-electron chi connectivity index (χ3n) is 2.14. The largest absolute Gasteiger partial charge is 0.348 e. The minimum absolute atomic E-state index is 0.0522. The van der Waals surface area contributed by atoms with Crippen LogP contribution in [0.1, 0.15) is 18.5 Å². The van der Waals surface area contributed by atoms with E-state index in [1.807, 2.05) is 56.3 Å². The molecule has 3 nitrogen and oxygen atoms in total. The van der Waals surface area contributed by atoms with Crippen LogP contribution >= 0.6 is 0 Å². The summed E-state index contributed by atoms with van der Waals surface area (Å²) in [4.78, 5) is 13.3. The summed E-state index contributed by atoms with van der Waals surface area (Å²) in [6.45, 7) is 2.42. The van der Waals surface area contributed by atoms with Crippen molar-refractivity contribution < 1.29 is 4.79 Å². The Hall–Kier alpha value is -1.35. The predicted octanol–water partition coefficient (Wildman–Crippen LogP) is 1.43. The van der Waals surface area contributed by atoms with Crippen LogP contribution < -0.4 is 5.32 Å². The van der Waals surface area contributed by atoms with Crippen LogP contribution in [0.2, 0.25) is 0 Å². The van der Waals surface area contributed by atoms with Crippen LogP contribution in [0, 0.1) is 0 Å². The van der Waals surface area contributed by atoms with Crippen molar-refractivity contribution in [3.63, 3.8) is 0 Å². The highest BCUT2D eigenvalue weighted by Crippen LogP contribution is 2.10. The molecule has 0 radical (unpaired) electrons. The monoisotopic (exact) mass is 206 g/mol. The number of carbonyl (C=O) groups excluding carboxylic acids is 1. The Labute approximate surface area is 91.1 Å². The van der Waals surface area contributed by atoms with Crippen molar-refractivity contribution >= 4 is 5.91 Å². The lowest BCUT2D eigenvalue weighted by Gasteiger charge is -2.16. The highest BCUT2D eigenvalue weighted by Gasteiger charge is 2.09. The maximum absolute atomic E-state index is 11.5. The molecule has 0 aliphatic carbocycles. The van der Waals surface area contributed by atoms with E-state index in [9.17, 15) is 4.79 Å². The normalized spacial score (nSPS) is 12.5. The average Bonchev–Trinajstić information content (AvgIpc) is 2.17. The molecule has 0 heterocycles. The van der Waals surface area contributed by atoms with Gasteiger partial charge in [0, 0.05) is 0 Å². The molecule has 15 heavy (non-hydrogen) atoms. The quantitative estimate of drug-likeness (QED) is 0.808. The summed E-state index contributed by atoms with van der Waals surface area (Å²) < 4.78 is 0. The maximum Gasteiger partial charge on any atom is 0.234 e. The molecule has 1 aromatic carbocycles. The number of amides is 1. The molecule has 1 rings (SSSR count). The Morgan fingerprint density at radius 1 is 1.33 bits per heavy atom. The number of likely N-dealkylation sites (N-methyl/N-ethyl adjacent to an activating group) is 1. The van der Waals surface area contributed by atoms with E-state index in [-0.39, 0.29) is 11.9 Å². The van der Waals surface area contributed by atoms with Crippen molar-refractivity contribution in [2.75, 3.05) is 20.6 Å². The summed E-state index contributed by atoms with van der Waals surface area (Å²) in [5.41, 5.74) is 1.13. The molecule has 0 aromatic heterocycles. The second-order valence-electron chi connectivity index (χ2n) is 3.94. The molecule has 0 saturated carbocycles. The van der Waals surface area contributed by atoms with E-state index in [1.54, 1.807) is 0 Å². The van der Waals surface area contributed by atoms with E-state index in [2.05, 4.69) is 5.32 Å². The molecule has 0 aliphatic rings. The number of hydrogen-bond donors (Lipinski definition) is 1. The Morgan fingerprint density at radius 3 is 2.47 bits per heavy atom. The van der Waals surface area contributed by atoms with Crippen LogP contribution in [0.25, 0.3) is 0 Å². The molecule has 1 unspecified atom stereocenters. The van der Waals surface area contributed by atoms with E-state index in [0.717, 1.165) is 5.56 Å². The van der Waals surface area contributed by atoms with Gasteiger partial charge in [-0.25, -0.2) is 0 Å². The van der Waals surface area contributed by atoms with Crippen molar-refractivity contribution in [2.24, 2.45) is 0 Å². The number of nitrogens with zero attached hydrogens (tertiary/aromatic N) is 1. The van der Waals surface area contributed by atoms with E-state index in [4.69, 9.17) is 0 Å². The zero-order valence-corrected chi connectivity index (χ0v) is 9.53. The minimum atomic E-state index is 0.0522. The van der Waals surface area contributed by atoms with Crippen LogP contribution in [0.15, 0.2) is 30.3 Å². The lowest BCUT2D eigenvalue weighted by molar-refractivity contribution is -0.122. The number of hydrogen-bond acceptors (Lipinski definition) is 2.